The molecular formula is C36H39FN6O5S. The lowest BCUT2D eigenvalue weighted by Gasteiger charge is -2.47. The van der Waals surface area contributed by atoms with Crippen LogP contribution in [0.25, 0.3) is 21.5 Å². The minimum absolute atomic E-state index is 0.00613. The molecular weight excluding hydrogens is 647 g/mol. The highest BCUT2D eigenvalue weighted by Crippen LogP contribution is 2.33. The molecule has 1 amide bonds. The van der Waals surface area contributed by atoms with Crippen molar-refractivity contribution in [3.63, 3.8) is 0 Å². The van der Waals surface area contributed by atoms with E-state index in [4.69, 9.17) is 4.74 Å². The second-order valence-corrected chi connectivity index (χ2v) is 13.9. The number of nitrogens with zero attached hydrogens (tertiary/aromatic N) is 3. The summed E-state index contributed by atoms with van der Waals surface area (Å²) in [7, 11) is 0. The number of carbonyl (C=O) groups is 1. The molecule has 4 heterocycles. The molecule has 11 nitrogen and oxygen atoms in total. The molecule has 2 aliphatic rings. The molecule has 5 N–H and O–H groups in total. The number of aliphatic hydroxyl groups is 1. The number of benzene rings is 3. The van der Waals surface area contributed by atoms with Crippen molar-refractivity contribution in [3.8, 4) is 17.0 Å². The molecule has 1 atom stereocenters. The number of morpholine rings is 1. The number of aromatic nitrogens is 3. The third-order valence-electron chi connectivity index (χ3n) is 9.53. The van der Waals surface area contributed by atoms with E-state index in [1.165, 1.54) is 6.07 Å². The number of piperidine rings is 1. The largest absolute Gasteiger partial charge is 0.506 e. The van der Waals surface area contributed by atoms with Crippen molar-refractivity contribution in [1.29, 1.82) is 0 Å². The summed E-state index contributed by atoms with van der Waals surface area (Å²) >= 11 is 0.952. The molecule has 49 heavy (non-hydrogen) atoms. The van der Waals surface area contributed by atoms with Crippen LogP contribution < -0.4 is 10.2 Å². The SMILES string of the molecule is O=C(c1ccc(-c2cc[nH]n2)cc1)N1CCOC2(CCN(Cc3cc(F)cc(CCNCC(O)c4ccc(O)c5[nH]c(=O)sc45)c3)CC2)C1. The van der Waals surface area contributed by atoms with Crippen molar-refractivity contribution in [2.75, 3.05) is 45.9 Å². The number of aromatic amines is 2. The van der Waals surface area contributed by atoms with Crippen molar-refractivity contribution in [2.24, 2.45) is 0 Å². The van der Waals surface area contributed by atoms with Crippen LogP contribution in [0.2, 0.25) is 0 Å². The first-order chi connectivity index (χ1) is 23.7. The van der Waals surface area contributed by atoms with Gasteiger partial charge in [-0.05, 0) is 73.3 Å². The molecule has 0 saturated carbocycles. The summed E-state index contributed by atoms with van der Waals surface area (Å²) in [6.45, 7) is 4.57. The van der Waals surface area contributed by atoms with Crippen LogP contribution in [0.5, 0.6) is 5.75 Å². The summed E-state index contributed by atoms with van der Waals surface area (Å²) in [4.78, 5) is 31.7. The number of halogens is 1. The molecule has 3 aromatic carbocycles. The van der Waals surface area contributed by atoms with Crippen LogP contribution in [0.4, 0.5) is 4.39 Å². The molecule has 5 aromatic rings. The molecule has 1 unspecified atom stereocenters. The number of H-pyrrole nitrogens is 2. The standard InChI is InChI=1S/C36H39FN6O5S/c37-27-18-23(7-11-38-20-31(45)28-5-6-30(44)32-33(28)49-35(47)40-32)17-24(19-27)21-42-13-9-36(10-14-42)22-43(15-16-48-36)34(46)26-3-1-25(2-4-26)29-8-12-39-41-29/h1-6,8,12,17-19,31,38,44-45H,7,9-11,13-16,20-22H2,(H,39,41)(H,40,47). The Kier molecular flexibility index (Phi) is 9.61. The Bertz CT molecular complexity index is 1970. The number of nitrogens with one attached hydrogen (secondary N) is 3. The number of likely N-dealkylation sites (tertiary alicyclic amines) is 1. The molecule has 2 fully saturated rings. The van der Waals surface area contributed by atoms with Crippen molar-refractivity contribution in [1.82, 2.24) is 30.3 Å². The van der Waals surface area contributed by atoms with Crippen molar-refractivity contribution < 1.29 is 24.1 Å². The fourth-order valence-corrected chi connectivity index (χ4v) is 7.84. The molecule has 1 spiro atoms. The fourth-order valence-electron chi connectivity index (χ4n) is 6.92. The van der Waals surface area contributed by atoms with E-state index in [2.05, 4.69) is 25.4 Å². The molecule has 0 radical (unpaired) electrons. The van der Waals surface area contributed by atoms with Gasteiger partial charge in [0.2, 0.25) is 0 Å². The molecule has 0 bridgehead atoms. The average Bonchev–Trinajstić information content (AvgIpc) is 3.78. The highest BCUT2D eigenvalue weighted by molar-refractivity contribution is 7.16. The molecule has 2 aromatic heterocycles. The van der Waals surface area contributed by atoms with Crippen LogP contribution in [-0.2, 0) is 17.7 Å². The van der Waals surface area contributed by atoms with Crippen molar-refractivity contribution in [2.45, 2.75) is 37.5 Å². The molecule has 13 heteroatoms. The maximum atomic E-state index is 14.7. The van der Waals surface area contributed by atoms with E-state index in [9.17, 15) is 24.2 Å². The number of hydrogen-bond donors (Lipinski definition) is 5. The van der Waals surface area contributed by atoms with E-state index in [1.54, 1.807) is 24.4 Å². The summed E-state index contributed by atoms with van der Waals surface area (Å²) in [6.07, 6.45) is 3.05. The van der Waals surface area contributed by atoms with Gasteiger partial charge >= 0.3 is 4.87 Å². The second-order valence-electron chi connectivity index (χ2n) is 12.9. The lowest BCUT2D eigenvalue weighted by Crippen LogP contribution is -2.57. The van der Waals surface area contributed by atoms with Gasteiger partial charge < -0.3 is 30.2 Å². The predicted octanol–water partition coefficient (Wildman–Crippen LogP) is 4.20. The number of hydrogen-bond acceptors (Lipinski definition) is 9. The number of ether oxygens (including phenoxy) is 1. The molecule has 7 rings (SSSR count). The van der Waals surface area contributed by atoms with E-state index in [0.29, 0.717) is 60.6 Å². The highest BCUT2D eigenvalue weighted by Gasteiger charge is 2.41. The predicted molar refractivity (Wildman–Crippen MR) is 185 cm³/mol. The molecule has 2 saturated heterocycles. The van der Waals surface area contributed by atoms with Crippen LogP contribution in [0.3, 0.4) is 0 Å². The van der Waals surface area contributed by atoms with Gasteiger partial charge in [0.05, 0.1) is 35.3 Å². The van der Waals surface area contributed by atoms with Gasteiger partial charge in [-0.2, -0.15) is 5.10 Å². The van der Waals surface area contributed by atoms with Crippen LogP contribution in [0.15, 0.2) is 71.7 Å². The first-order valence-corrected chi connectivity index (χ1v) is 17.3. The van der Waals surface area contributed by atoms with Crippen LogP contribution in [0.1, 0.15) is 46.0 Å². The topological polar surface area (TPSA) is 147 Å². The third kappa shape index (κ3) is 7.46. The Morgan fingerprint density at radius 3 is 2.65 bits per heavy atom. The third-order valence-corrected chi connectivity index (χ3v) is 10.5. The zero-order valence-corrected chi connectivity index (χ0v) is 27.8. The molecule has 2 aliphatic heterocycles. The van der Waals surface area contributed by atoms with Crippen LogP contribution >= 0.6 is 11.3 Å². The van der Waals surface area contributed by atoms with E-state index in [-0.39, 0.29) is 34.5 Å². The van der Waals surface area contributed by atoms with E-state index >= 15 is 0 Å². The number of carbonyl (C=O) groups excluding carboxylic acids is 1. The van der Waals surface area contributed by atoms with Gasteiger partial charge in [0.15, 0.2) is 0 Å². The zero-order valence-electron chi connectivity index (χ0n) is 27.0. The molecule has 256 valence electrons. The van der Waals surface area contributed by atoms with Gasteiger partial charge in [0.1, 0.15) is 17.1 Å². The van der Waals surface area contributed by atoms with Crippen molar-refractivity contribution >= 4 is 27.5 Å². The number of amides is 1. The van der Waals surface area contributed by atoms with E-state index < -0.39 is 6.10 Å². The van der Waals surface area contributed by atoms with Gasteiger partial charge in [0.25, 0.3) is 5.91 Å². The summed E-state index contributed by atoms with van der Waals surface area (Å²) in [5.41, 5.74) is 4.72. The number of thiazole rings is 1. The highest BCUT2D eigenvalue weighted by atomic mass is 32.1. The number of rotatable bonds is 10. The summed E-state index contributed by atoms with van der Waals surface area (Å²) in [5, 5.41) is 31.0. The first-order valence-electron chi connectivity index (χ1n) is 16.5. The lowest BCUT2D eigenvalue weighted by molar-refractivity contribution is -0.127. The Balaban J connectivity index is 0.894. The Morgan fingerprint density at radius 2 is 1.88 bits per heavy atom. The maximum absolute atomic E-state index is 14.7. The molecule has 0 aliphatic carbocycles. The number of phenolic OH excluding ortho intramolecular Hbond substituents is 1. The smallest absolute Gasteiger partial charge is 0.305 e. The van der Waals surface area contributed by atoms with Gasteiger partial charge in [-0.25, -0.2) is 4.39 Å². The van der Waals surface area contributed by atoms with Gasteiger partial charge in [-0.3, -0.25) is 19.6 Å². The monoisotopic (exact) mass is 686 g/mol. The van der Waals surface area contributed by atoms with Crippen LogP contribution in [-0.4, -0.2) is 92.6 Å². The number of fused-ring (bicyclic) bond motifs is 1. The van der Waals surface area contributed by atoms with E-state index in [1.807, 2.05) is 41.3 Å². The number of aromatic hydroxyl groups is 1. The number of phenols is 1. The quantitative estimate of drug-likeness (QED) is 0.138. The number of aliphatic hydroxyl groups excluding tert-OH is 1. The second kappa shape index (κ2) is 14.2. The lowest BCUT2D eigenvalue weighted by atomic mass is 9.88. The summed E-state index contributed by atoms with van der Waals surface area (Å²) < 4.78 is 21.5. The van der Waals surface area contributed by atoms with Gasteiger partial charge in [-0.15, -0.1) is 0 Å². The minimum atomic E-state index is -0.877. The Morgan fingerprint density at radius 1 is 1.08 bits per heavy atom. The van der Waals surface area contributed by atoms with Crippen molar-refractivity contribution in [3.05, 3.63) is 105 Å². The fraction of sp³-hybridized carbons (Fsp3) is 0.361. The zero-order chi connectivity index (χ0) is 34.0. The van der Waals surface area contributed by atoms with Gasteiger partial charge in [0, 0.05) is 55.6 Å². The van der Waals surface area contributed by atoms with Gasteiger partial charge in [-0.1, -0.05) is 35.6 Å². The Hall–Kier alpha value is -4.40. The summed E-state index contributed by atoms with van der Waals surface area (Å²) in [5.74, 6) is -0.308. The van der Waals surface area contributed by atoms with Crippen LogP contribution in [0, 0.1) is 5.82 Å². The minimum Gasteiger partial charge on any atom is -0.506 e. The maximum Gasteiger partial charge on any atom is 0.305 e. The normalized spacial score (nSPS) is 17.1. The first kappa shape index (κ1) is 33.1. The van der Waals surface area contributed by atoms with E-state index in [0.717, 1.165) is 59.7 Å². The Labute approximate surface area is 286 Å². The average molecular weight is 687 g/mol. The summed E-state index contributed by atoms with van der Waals surface area (Å²) in [6, 6.07) is 17.7.